The van der Waals surface area contributed by atoms with Crippen LogP contribution in [0.25, 0.3) is 11.1 Å². The number of rotatable bonds is 5. The average Bonchev–Trinajstić information content (AvgIpc) is 3.20. The van der Waals surface area contributed by atoms with Crippen molar-refractivity contribution in [3.8, 4) is 22.6 Å². The molecule has 0 radical (unpaired) electrons. The second-order valence-corrected chi connectivity index (χ2v) is 7.61. The van der Waals surface area contributed by atoms with E-state index < -0.39 is 0 Å². The number of methoxy groups -OCH3 is 1. The van der Waals surface area contributed by atoms with Crippen molar-refractivity contribution >= 4 is 0 Å². The molecule has 0 bridgehead atoms. The predicted octanol–water partition coefficient (Wildman–Crippen LogP) is 4.48. The van der Waals surface area contributed by atoms with E-state index in [0.717, 1.165) is 31.5 Å². The predicted molar refractivity (Wildman–Crippen MR) is 111 cm³/mol. The Bertz CT molecular complexity index is 951. The Morgan fingerprint density at radius 1 is 1.25 bits per heavy atom. The Balaban J connectivity index is 1.53. The van der Waals surface area contributed by atoms with Crippen LogP contribution in [0.3, 0.4) is 0 Å². The quantitative estimate of drug-likeness (QED) is 0.688. The van der Waals surface area contributed by atoms with E-state index in [-0.39, 0.29) is 5.75 Å². The monoisotopic (exact) mass is 377 g/mol. The van der Waals surface area contributed by atoms with E-state index in [4.69, 9.17) is 4.74 Å². The number of ether oxygens (including phenoxy) is 1. The molecule has 1 aliphatic rings. The number of aromatic amines is 1. The maximum Gasteiger partial charge on any atom is 0.162 e. The minimum Gasteiger partial charge on any atom is -0.504 e. The Labute approximate surface area is 166 Å². The number of likely N-dealkylation sites (tertiary alicyclic amines) is 1. The number of aromatic nitrogens is 2. The lowest BCUT2D eigenvalue weighted by atomic mass is 9.90. The van der Waals surface area contributed by atoms with Crippen molar-refractivity contribution < 1.29 is 9.84 Å². The molecule has 0 amide bonds. The van der Waals surface area contributed by atoms with Gasteiger partial charge in [-0.05, 0) is 37.9 Å². The van der Waals surface area contributed by atoms with Crippen LogP contribution in [0.2, 0.25) is 0 Å². The molecular formula is C23H27N3O2. The van der Waals surface area contributed by atoms with Crippen molar-refractivity contribution in [3.05, 3.63) is 65.5 Å². The molecule has 1 unspecified atom stereocenters. The van der Waals surface area contributed by atoms with E-state index >= 15 is 0 Å². The number of phenols is 1. The molecule has 1 fully saturated rings. The Morgan fingerprint density at radius 3 is 2.93 bits per heavy atom. The summed E-state index contributed by atoms with van der Waals surface area (Å²) in [5.74, 6) is 1.18. The van der Waals surface area contributed by atoms with Crippen LogP contribution in [0.15, 0.2) is 48.7 Å². The molecular weight excluding hydrogens is 350 g/mol. The van der Waals surface area contributed by atoms with Crippen molar-refractivity contribution in [2.45, 2.75) is 32.2 Å². The van der Waals surface area contributed by atoms with Crippen LogP contribution in [0, 0.1) is 6.92 Å². The third-order valence-corrected chi connectivity index (χ3v) is 5.61. The molecule has 2 heterocycles. The first-order valence-corrected chi connectivity index (χ1v) is 9.83. The Hall–Kier alpha value is -2.79. The number of nitrogens with zero attached hydrogens (tertiary/aromatic N) is 2. The summed E-state index contributed by atoms with van der Waals surface area (Å²) in [6.45, 7) is 4.80. The van der Waals surface area contributed by atoms with Crippen molar-refractivity contribution in [2.75, 3.05) is 20.2 Å². The van der Waals surface area contributed by atoms with Gasteiger partial charge in [0.15, 0.2) is 11.5 Å². The second kappa shape index (κ2) is 8.07. The SMILES string of the molecule is COc1cccc(CN2CCCC(c3[nH]ncc3-c3cccc(C)c3)C2)c1O. The van der Waals surface area contributed by atoms with Crippen LogP contribution in [-0.4, -0.2) is 40.4 Å². The normalized spacial score (nSPS) is 17.6. The first kappa shape index (κ1) is 18.6. The van der Waals surface area contributed by atoms with Crippen molar-refractivity contribution in [1.29, 1.82) is 0 Å². The van der Waals surface area contributed by atoms with Crippen molar-refractivity contribution in [1.82, 2.24) is 15.1 Å². The number of aromatic hydroxyl groups is 1. The largest absolute Gasteiger partial charge is 0.504 e. The molecule has 0 aliphatic carbocycles. The van der Waals surface area contributed by atoms with Gasteiger partial charge in [0.1, 0.15) is 0 Å². The van der Waals surface area contributed by atoms with Gasteiger partial charge < -0.3 is 9.84 Å². The summed E-state index contributed by atoms with van der Waals surface area (Å²) in [4.78, 5) is 2.41. The van der Waals surface area contributed by atoms with Crippen molar-refractivity contribution in [2.24, 2.45) is 0 Å². The molecule has 1 aliphatic heterocycles. The second-order valence-electron chi connectivity index (χ2n) is 7.61. The molecule has 3 aromatic rings. The number of nitrogens with one attached hydrogen (secondary N) is 1. The fourth-order valence-electron chi connectivity index (χ4n) is 4.19. The highest BCUT2D eigenvalue weighted by Gasteiger charge is 2.26. The average molecular weight is 377 g/mol. The van der Waals surface area contributed by atoms with Crippen LogP contribution < -0.4 is 4.74 Å². The lowest BCUT2D eigenvalue weighted by molar-refractivity contribution is 0.196. The summed E-state index contributed by atoms with van der Waals surface area (Å²) >= 11 is 0. The molecule has 146 valence electrons. The molecule has 5 heteroatoms. The van der Waals surface area contributed by atoms with Crippen LogP contribution in [0.4, 0.5) is 0 Å². The lowest BCUT2D eigenvalue weighted by Gasteiger charge is -2.33. The molecule has 28 heavy (non-hydrogen) atoms. The first-order chi connectivity index (χ1) is 13.7. The molecule has 0 spiro atoms. The number of benzene rings is 2. The Morgan fingerprint density at radius 2 is 2.11 bits per heavy atom. The maximum absolute atomic E-state index is 10.4. The third-order valence-electron chi connectivity index (χ3n) is 5.61. The molecule has 2 N–H and O–H groups in total. The molecule has 5 nitrogen and oxygen atoms in total. The van der Waals surface area contributed by atoms with E-state index in [1.807, 2.05) is 18.3 Å². The highest BCUT2D eigenvalue weighted by molar-refractivity contribution is 5.66. The fraction of sp³-hybridized carbons (Fsp3) is 0.348. The van der Waals surface area contributed by atoms with Gasteiger partial charge in [-0.25, -0.2) is 0 Å². The standard InChI is InChI=1S/C23H27N3O2/c1-16-6-3-7-17(12-16)20-13-24-25-22(20)18-9-5-11-26(14-18)15-19-8-4-10-21(28-2)23(19)27/h3-4,6-8,10,12-13,18,27H,5,9,11,14-15H2,1-2H3,(H,24,25). The lowest BCUT2D eigenvalue weighted by Crippen LogP contribution is -2.34. The van der Waals surface area contributed by atoms with E-state index in [2.05, 4.69) is 46.3 Å². The number of hydrogen-bond acceptors (Lipinski definition) is 4. The van der Waals surface area contributed by atoms with Gasteiger partial charge in [0.2, 0.25) is 0 Å². The maximum atomic E-state index is 10.4. The minimum absolute atomic E-state index is 0.245. The topological polar surface area (TPSA) is 61.4 Å². The fourth-order valence-corrected chi connectivity index (χ4v) is 4.19. The van der Waals surface area contributed by atoms with Gasteiger partial charge in [0, 0.05) is 35.8 Å². The molecule has 2 aromatic carbocycles. The minimum atomic E-state index is 0.245. The number of hydrogen-bond donors (Lipinski definition) is 2. The van der Waals surface area contributed by atoms with Gasteiger partial charge in [0.25, 0.3) is 0 Å². The number of aryl methyl sites for hydroxylation is 1. The summed E-state index contributed by atoms with van der Waals surface area (Å²) in [5, 5.41) is 18.0. The Kier molecular flexibility index (Phi) is 5.35. The summed E-state index contributed by atoms with van der Waals surface area (Å²) < 4.78 is 5.25. The van der Waals surface area contributed by atoms with Crippen LogP contribution in [0.1, 0.15) is 35.6 Å². The van der Waals surface area contributed by atoms with Crippen LogP contribution in [-0.2, 0) is 6.54 Å². The van der Waals surface area contributed by atoms with Gasteiger partial charge in [-0.3, -0.25) is 10.00 Å². The molecule has 1 saturated heterocycles. The van der Waals surface area contributed by atoms with E-state index in [9.17, 15) is 5.11 Å². The third kappa shape index (κ3) is 3.76. The number of para-hydroxylation sites is 1. The van der Waals surface area contributed by atoms with Crippen LogP contribution in [0.5, 0.6) is 11.5 Å². The summed E-state index contributed by atoms with van der Waals surface area (Å²) in [6.07, 6.45) is 4.21. The zero-order chi connectivity index (χ0) is 19.5. The molecule has 1 aromatic heterocycles. The summed E-state index contributed by atoms with van der Waals surface area (Å²) in [5.41, 5.74) is 5.78. The van der Waals surface area contributed by atoms with E-state index in [1.165, 1.54) is 22.4 Å². The number of H-pyrrole nitrogens is 1. The zero-order valence-electron chi connectivity index (χ0n) is 16.5. The highest BCUT2D eigenvalue weighted by atomic mass is 16.5. The molecule has 1 atom stereocenters. The summed E-state index contributed by atoms with van der Waals surface area (Å²) in [6, 6.07) is 14.3. The van der Waals surface area contributed by atoms with Gasteiger partial charge in [0.05, 0.1) is 13.3 Å². The van der Waals surface area contributed by atoms with Crippen LogP contribution >= 0.6 is 0 Å². The van der Waals surface area contributed by atoms with E-state index in [1.54, 1.807) is 13.2 Å². The molecule has 4 rings (SSSR count). The van der Waals surface area contributed by atoms with Gasteiger partial charge >= 0.3 is 0 Å². The number of piperidine rings is 1. The highest BCUT2D eigenvalue weighted by Crippen LogP contribution is 2.35. The molecule has 0 saturated carbocycles. The number of phenolic OH excluding ortho intramolecular Hbond substituents is 1. The van der Waals surface area contributed by atoms with Gasteiger partial charge in [-0.1, -0.05) is 42.0 Å². The van der Waals surface area contributed by atoms with Gasteiger partial charge in [-0.2, -0.15) is 5.10 Å². The van der Waals surface area contributed by atoms with Gasteiger partial charge in [-0.15, -0.1) is 0 Å². The summed E-state index contributed by atoms with van der Waals surface area (Å²) in [7, 11) is 1.58. The first-order valence-electron chi connectivity index (χ1n) is 9.83. The zero-order valence-corrected chi connectivity index (χ0v) is 16.5. The smallest absolute Gasteiger partial charge is 0.162 e. The van der Waals surface area contributed by atoms with Crippen molar-refractivity contribution in [3.63, 3.8) is 0 Å². The van der Waals surface area contributed by atoms with E-state index in [0.29, 0.717) is 18.2 Å².